The van der Waals surface area contributed by atoms with E-state index in [1.54, 1.807) is 0 Å². The molecule has 0 bridgehead atoms. The second kappa shape index (κ2) is 6.66. The average molecular weight is 435 g/mol. The highest BCUT2D eigenvalue weighted by molar-refractivity contribution is 6.11. The Morgan fingerprint density at radius 3 is 2.27 bits per heavy atom. The quantitative estimate of drug-likeness (QED) is 0.267. The van der Waals surface area contributed by atoms with Gasteiger partial charge in [-0.3, -0.25) is 4.98 Å². The van der Waals surface area contributed by atoms with Crippen LogP contribution in [0.4, 0.5) is 0 Å². The minimum atomic E-state index is 0.148. The van der Waals surface area contributed by atoms with Crippen LogP contribution in [-0.4, -0.2) is 9.97 Å². The second-order valence-electron chi connectivity index (χ2n) is 11.1. The second-order valence-corrected chi connectivity index (χ2v) is 11.1. The molecule has 0 atom stereocenters. The van der Waals surface area contributed by atoms with Crippen LogP contribution >= 0.6 is 0 Å². The Bertz CT molecular complexity index is 1590. The van der Waals surface area contributed by atoms with Crippen LogP contribution in [0.3, 0.4) is 0 Å². The average Bonchev–Trinajstić information content (AvgIpc) is 3.12. The summed E-state index contributed by atoms with van der Waals surface area (Å²) in [5.74, 6) is 0. The number of benzene rings is 2. The van der Waals surface area contributed by atoms with Gasteiger partial charge < -0.3 is 4.42 Å². The molecule has 0 saturated carbocycles. The molecule has 33 heavy (non-hydrogen) atoms. The van der Waals surface area contributed by atoms with Gasteiger partial charge in [0.2, 0.25) is 5.71 Å². The van der Waals surface area contributed by atoms with Gasteiger partial charge in [0.1, 0.15) is 5.58 Å². The highest BCUT2D eigenvalue weighted by atomic mass is 16.3. The summed E-state index contributed by atoms with van der Waals surface area (Å²) in [6.07, 6.45) is 4.34. The van der Waals surface area contributed by atoms with Crippen LogP contribution in [0.5, 0.6) is 0 Å². The number of fused-ring (bicyclic) bond motifs is 5. The van der Waals surface area contributed by atoms with Crippen molar-refractivity contribution in [1.82, 2.24) is 9.97 Å². The Morgan fingerprint density at radius 2 is 1.52 bits per heavy atom. The zero-order valence-electron chi connectivity index (χ0n) is 20.3. The molecule has 0 spiro atoms. The molecule has 0 amide bonds. The minimum absolute atomic E-state index is 0.148. The molecule has 0 radical (unpaired) electrons. The molecule has 3 nitrogen and oxygen atoms in total. The number of furan rings is 1. The molecule has 3 heterocycles. The fourth-order valence-electron chi connectivity index (χ4n) is 5.62. The van der Waals surface area contributed by atoms with Crippen molar-refractivity contribution in [2.24, 2.45) is 0 Å². The Labute approximate surface area is 194 Å². The smallest absolute Gasteiger partial charge is 0.227 e. The zero-order valence-corrected chi connectivity index (χ0v) is 20.3. The molecule has 0 aliphatic heterocycles. The molecule has 1 aliphatic carbocycles. The minimum Gasteiger partial charge on any atom is -0.437 e. The van der Waals surface area contributed by atoms with Crippen molar-refractivity contribution < 1.29 is 4.42 Å². The number of aromatic nitrogens is 2. The fourth-order valence-corrected chi connectivity index (χ4v) is 5.62. The van der Waals surface area contributed by atoms with E-state index in [2.05, 4.69) is 76.0 Å². The molecule has 6 rings (SSSR count). The van der Waals surface area contributed by atoms with Crippen molar-refractivity contribution in [1.29, 1.82) is 0 Å². The van der Waals surface area contributed by atoms with Gasteiger partial charge in [0.05, 0.1) is 5.69 Å². The lowest BCUT2D eigenvalue weighted by Crippen LogP contribution is -2.33. The molecule has 1 aliphatic rings. The third kappa shape index (κ3) is 3.02. The predicted molar refractivity (Wildman–Crippen MR) is 137 cm³/mol. The van der Waals surface area contributed by atoms with E-state index in [0.717, 1.165) is 33.3 Å². The molecular weight excluding hydrogens is 404 g/mol. The zero-order chi connectivity index (χ0) is 23.1. The van der Waals surface area contributed by atoms with Gasteiger partial charge in [0.25, 0.3) is 0 Å². The lowest BCUT2D eigenvalue weighted by Gasteiger charge is -2.42. The van der Waals surface area contributed by atoms with Crippen LogP contribution in [0.2, 0.25) is 0 Å². The van der Waals surface area contributed by atoms with E-state index in [0.29, 0.717) is 5.71 Å². The van der Waals surface area contributed by atoms with Crippen molar-refractivity contribution in [3.05, 3.63) is 71.0 Å². The third-order valence-electron chi connectivity index (χ3n) is 7.71. The maximum Gasteiger partial charge on any atom is 0.227 e. The van der Waals surface area contributed by atoms with Crippen molar-refractivity contribution in [2.75, 3.05) is 0 Å². The molecule has 166 valence electrons. The fraction of sp³-hybridized carbons (Fsp3) is 0.333. The van der Waals surface area contributed by atoms with Crippen LogP contribution in [-0.2, 0) is 10.8 Å². The van der Waals surface area contributed by atoms with Crippen molar-refractivity contribution in [3.8, 4) is 11.3 Å². The summed E-state index contributed by atoms with van der Waals surface area (Å²) in [5.41, 5.74) is 8.99. The third-order valence-corrected chi connectivity index (χ3v) is 7.71. The van der Waals surface area contributed by atoms with E-state index in [9.17, 15) is 0 Å². The highest BCUT2D eigenvalue weighted by Crippen LogP contribution is 2.48. The van der Waals surface area contributed by atoms with Crippen molar-refractivity contribution in [3.63, 3.8) is 0 Å². The van der Waals surface area contributed by atoms with Crippen molar-refractivity contribution >= 4 is 32.8 Å². The van der Waals surface area contributed by atoms with E-state index in [-0.39, 0.29) is 10.8 Å². The monoisotopic (exact) mass is 434 g/mol. The van der Waals surface area contributed by atoms with E-state index < -0.39 is 0 Å². The Kier molecular flexibility index (Phi) is 4.12. The lowest BCUT2D eigenvalue weighted by atomic mass is 9.63. The number of hydrogen-bond acceptors (Lipinski definition) is 3. The predicted octanol–water partition coefficient (Wildman–Crippen LogP) is 8.16. The molecule has 3 heteroatoms. The summed E-state index contributed by atoms with van der Waals surface area (Å²) in [6.45, 7) is 13.6. The molecule has 5 aromatic rings. The van der Waals surface area contributed by atoms with Gasteiger partial charge in [-0.25, -0.2) is 4.98 Å². The van der Waals surface area contributed by atoms with Gasteiger partial charge in [-0.1, -0.05) is 33.8 Å². The maximum absolute atomic E-state index is 6.36. The standard InChI is InChI=1S/C30H30N2O/c1-17-13-22-20-8-7-18(2)32-28(20)33-27(22)23(14-17)26-21-16-25-24(15-19(21)9-12-31-26)29(3,4)10-11-30(25,5)6/h7-9,12-16H,10-11H2,1-6H3. The molecular formula is C30H30N2O. The largest absolute Gasteiger partial charge is 0.437 e. The van der Waals surface area contributed by atoms with Gasteiger partial charge in [0, 0.05) is 33.6 Å². The molecule has 0 N–H and O–H groups in total. The molecule has 3 aromatic heterocycles. The van der Waals surface area contributed by atoms with Gasteiger partial charge in [-0.2, -0.15) is 0 Å². The first kappa shape index (κ1) is 20.4. The first-order valence-electron chi connectivity index (χ1n) is 11.9. The van der Waals surface area contributed by atoms with Gasteiger partial charge >= 0.3 is 0 Å². The van der Waals surface area contributed by atoms with Gasteiger partial charge in [-0.05, 0) is 96.0 Å². The maximum atomic E-state index is 6.36. The summed E-state index contributed by atoms with van der Waals surface area (Å²) in [6, 6.07) is 15.5. The van der Waals surface area contributed by atoms with Crippen molar-refractivity contribution in [2.45, 2.75) is 65.2 Å². The molecule has 0 unspecified atom stereocenters. The summed E-state index contributed by atoms with van der Waals surface area (Å²) < 4.78 is 6.36. The normalized spacial score (nSPS) is 17.0. The molecule has 0 saturated heterocycles. The van der Waals surface area contributed by atoms with E-state index in [1.807, 2.05) is 19.2 Å². The summed E-state index contributed by atoms with van der Waals surface area (Å²) >= 11 is 0. The Balaban J connectivity index is 1.70. The van der Waals surface area contributed by atoms with Crippen LogP contribution < -0.4 is 0 Å². The summed E-state index contributed by atoms with van der Waals surface area (Å²) in [5, 5.41) is 4.59. The SMILES string of the molecule is Cc1cc(-c2nccc3cc4c(cc23)C(C)(C)CCC4(C)C)c2oc3nc(C)ccc3c2c1. The summed E-state index contributed by atoms with van der Waals surface area (Å²) in [7, 11) is 0. The van der Waals surface area contributed by atoms with E-state index in [1.165, 1.54) is 40.3 Å². The first-order valence-corrected chi connectivity index (χ1v) is 11.9. The van der Waals surface area contributed by atoms with Crippen LogP contribution in [0.15, 0.2) is 53.1 Å². The number of hydrogen-bond donors (Lipinski definition) is 0. The lowest BCUT2D eigenvalue weighted by molar-refractivity contribution is 0.332. The number of aryl methyl sites for hydroxylation is 2. The van der Waals surface area contributed by atoms with Crippen LogP contribution in [0.1, 0.15) is 62.9 Å². The topological polar surface area (TPSA) is 38.9 Å². The highest BCUT2D eigenvalue weighted by Gasteiger charge is 2.37. The Morgan fingerprint density at radius 1 is 0.788 bits per heavy atom. The molecule has 0 fully saturated rings. The Hall–Kier alpha value is -3.20. The number of nitrogens with zero attached hydrogens (tertiary/aromatic N) is 2. The van der Waals surface area contributed by atoms with Crippen LogP contribution in [0.25, 0.3) is 44.1 Å². The van der Waals surface area contributed by atoms with Crippen LogP contribution in [0, 0.1) is 13.8 Å². The summed E-state index contributed by atoms with van der Waals surface area (Å²) in [4.78, 5) is 9.55. The molecule has 2 aromatic carbocycles. The van der Waals surface area contributed by atoms with Gasteiger partial charge in [-0.15, -0.1) is 0 Å². The van der Waals surface area contributed by atoms with E-state index in [4.69, 9.17) is 9.40 Å². The van der Waals surface area contributed by atoms with E-state index >= 15 is 0 Å². The number of rotatable bonds is 1. The number of pyridine rings is 2. The first-order chi connectivity index (χ1) is 15.6. The van der Waals surface area contributed by atoms with Gasteiger partial charge in [0.15, 0.2) is 0 Å².